The van der Waals surface area contributed by atoms with E-state index in [1.807, 2.05) is 18.5 Å². The van der Waals surface area contributed by atoms with Crippen LogP contribution < -0.4 is 10.6 Å². The van der Waals surface area contributed by atoms with Crippen molar-refractivity contribution in [1.29, 1.82) is 0 Å². The number of aromatic nitrogens is 3. The van der Waals surface area contributed by atoms with Crippen LogP contribution in [-0.4, -0.2) is 26.6 Å². The zero-order valence-electron chi connectivity index (χ0n) is 19.4. The van der Waals surface area contributed by atoms with Crippen molar-refractivity contribution in [3.05, 3.63) is 46.8 Å². The van der Waals surface area contributed by atoms with Crippen LogP contribution in [0.15, 0.2) is 24.3 Å². The number of carbonyl (C=O) groups excluding carboxylic acids is 2. The van der Waals surface area contributed by atoms with E-state index in [0.717, 1.165) is 33.5 Å². The van der Waals surface area contributed by atoms with Crippen LogP contribution in [0.2, 0.25) is 0 Å². The van der Waals surface area contributed by atoms with Gasteiger partial charge in [-0.2, -0.15) is 5.10 Å². The summed E-state index contributed by atoms with van der Waals surface area (Å²) in [5.74, 6) is -0.190. The summed E-state index contributed by atoms with van der Waals surface area (Å²) >= 11 is 0. The van der Waals surface area contributed by atoms with E-state index in [1.54, 1.807) is 24.3 Å². The molecule has 0 saturated heterocycles. The first-order valence-corrected chi connectivity index (χ1v) is 10.5. The van der Waals surface area contributed by atoms with Crippen LogP contribution in [0, 0.1) is 20.8 Å². The largest absolute Gasteiger partial charge is 0.326 e. The minimum absolute atomic E-state index is 0.0618. The van der Waals surface area contributed by atoms with Gasteiger partial charge in [-0.3, -0.25) is 9.59 Å². The molecular formula is C24H31N5O2. The zero-order chi connectivity index (χ0) is 22.9. The SMILES string of the molecule is CC(=O)Nc1ccc(NC(=O)CCc2c(C)nc3c(c(C)nn3C(C)(C)C)c2C)cc1. The molecule has 0 atom stereocenters. The van der Waals surface area contributed by atoms with Gasteiger partial charge < -0.3 is 10.6 Å². The highest BCUT2D eigenvalue weighted by atomic mass is 16.2. The van der Waals surface area contributed by atoms with Gasteiger partial charge in [-0.05, 0) is 83.4 Å². The lowest BCUT2D eigenvalue weighted by atomic mass is 9.99. The third kappa shape index (κ3) is 4.93. The van der Waals surface area contributed by atoms with E-state index < -0.39 is 0 Å². The molecule has 2 aromatic heterocycles. The second-order valence-electron chi connectivity index (χ2n) is 8.97. The summed E-state index contributed by atoms with van der Waals surface area (Å²) in [5, 5.41) is 11.4. The van der Waals surface area contributed by atoms with E-state index in [1.165, 1.54) is 6.92 Å². The van der Waals surface area contributed by atoms with E-state index in [4.69, 9.17) is 10.1 Å². The number of anilines is 2. The summed E-state index contributed by atoms with van der Waals surface area (Å²) in [7, 11) is 0. The molecule has 1 aromatic carbocycles. The lowest BCUT2D eigenvalue weighted by molar-refractivity contribution is -0.116. The standard InChI is InChI=1S/C24H31N5O2/c1-14-20(15(2)25-23-22(14)16(3)28-29(23)24(5,6)7)12-13-21(31)27-19-10-8-18(9-11-19)26-17(4)30/h8-11H,12-13H2,1-7H3,(H,26,30)(H,27,31). The third-order valence-corrected chi connectivity index (χ3v) is 5.30. The second kappa shape index (κ2) is 8.49. The fourth-order valence-electron chi connectivity index (χ4n) is 3.84. The van der Waals surface area contributed by atoms with Gasteiger partial charge in [-0.1, -0.05) is 0 Å². The molecule has 0 saturated carbocycles. The number of amides is 2. The van der Waals surface area contributed by atoms with Gasteiger partial charge in [0.25, 0.3) is 0 Å². The molecule has 3 rings (SSSR count). The van der Waals surface area contributed by atoms with Gasteiger partial charge in [-0.25, -0.2) is 9.67 Å². The molecule has 2 amide bonds. The highest BCUT2D eigenvalue weighted by Crippen LogP contribution is 2.29. The Morgan fingerprint density at radius 1 is 0.968 bits per heavy atom. The van der Waals surface area contributed by atoms with Crippen molar-refractivity contribution in [3.63, 3.8) is 0 Å². The van der Waals surface area contributed by atoms with Gasteiger partial charge in [0.05, 0.1) is 11.2 Å². The van der Waals surface area contributed by atoms with Crippen molar-refractivity contribution in [2.24, 2.45) is 0 Å². The maximum atomic E-state index is 12.5. The predicted molar refractivity (Wildman–Crippen MR) is 124 cm³/mol. The Hall–Kier alpha value is -3.22. The van der Waals surface area contributed by atoms with E-state index in [2.05, 4.69) is 38.3 Å². The molecule has 2 heterocycles. The first kappa shape index (κ1) is 22.5. The maximum absolute atomic E-state index is 12.5. The van der Waals surface area contributed by atoms with Crippen LogP contribution in [-0.2, 0) is 21.5 Å². The van der Waals surface area contributed by atoms with Crippen molar-refractivity contribution in [2.45, 2.75) is 66.8 Å². The molecule has 0 aliphatic heterocycles. The number of fused-ring (bicyclic) bond motifs is 1. The number of rotatable bonds is 5. The summed E-state index contributed by atoms with van der Waals surface area (Å²) in [6, 6.07) is 7.08. The van der Waals surface area contributed by atoms with Crippen LogP contribution >= 0.6 is 0 Å². The van der Waals surface area contributed by atoms with Crippen LogP contribution in [0.5, 0.6) is 0 Å². The molecule has 0 radical (unpaired) electrons. The fourth-order valence-corrected chi connectivity index (χ4v) is 3.84. The topological polar surface area (TPSA) is 88.9 Å². The minimum Gasteiger partial charge on any atom is -0.326 e. The second-order valence-corrected chi connectivity index (χ2v) is 8.97. The number of nitrogens with zero attached hydrogens (tertiary/aromatic N) is 3. The molecule has 31 heavy (non-hydrogen) atoms. The smallest absolute Gasteiger partial charge is 0.224 e. The van der Waals surface area contributed by atoms with Crippen molar-refractivity contribution in [2.75, 3.05) is 10.6 Å². The molecule has 0 spiro atoms. The molecule has 164 valence electrons. The van der Waals surface area contributed by atoms with Crippen LogP contribution in [0.1, 0.15) is 56.6 Å². The highest BCUT2D eigenvalue weighted by molar-refractivity contribution is 5.92. The van der Waals surface area contributed by atoms with Gasteiger partial charge in [0.1, 0.15) is 0 Å². The quantitative estimate of drug-likeness (QED) is 0.628. The minimum atomic E-state index is -0.157. The zero-order valence-corrected chi connectivity index (χ0v) is 19.4. The van der Waals surface area contributed by atoms with Crippen molar-refractivity contribution in [1.82, 2.24) is 14.8 Å². The Morgan fingerprint density at radius 3 is 2.10 bits per heavy atom. The van der Waals surface area contributed by atoms with E-state index in [-0.39, 0.29) is 17.4 Å². The van der Waals surface area contributed by atoms with Gasteiger partial charge in [-0.15, -0.1) is 0 Å². The van der Waals surface area contributed by atoms with Crippen LogP contribution in [0.3, 0.4) is 0 Å². The molecule has 2 N–H and O–H groups in total. The summed E-state index contributed by atoms with van der Waals surface area (Å²) in [6.45, 7) is 13.9. The summed E-state index contributed by atoms with van der Waals surface area (Å²) < 4.78 is 1.98. The summed E-state index contributed by atoms with van der Waals surface area (Å²) in [5.41, 5.74) is 6.26. The van der Waals surface area contributed by atoms with E-state index in [9.17, 15) is 9.59 Å². The van der Waals surface area contributed by atoms with Gasteiger partial charge in [0.15, 0.2) is 5.65 Å². The number of carbonyl (C=O) groups is 2. The summed E-state index contributed by atoms with van der Waals surface area (Å²) in [4.78, 5) is 28.5. The molecule has 0 aliphatic carbocycles. The van der Waals surface area contributed by atoms with Crippen LogP contribution in [0.4, 0.5) is 11.4 Å². The third-order valence-electron chi connectivity index (χ3n) is 5.30. The lowest BCUT2D eigenvalue weighted by Crippen LogP contribution is -2.23. The Labute approximate surface area is 183 Å². The molecule has 0 fully saturated rings. The average Bonchev–Trinajstić information content (AvgIpc) is 2.99. The Bertz CT molecular complexity index is 1140. The van der Waals surface area contributed by atoms with Crippen molar-refractivity contribution in [3.8, 4) is 0 Å². The Morgan fingerprint density at radius 2 is 1.55 bits per heavy atom. The molecule has 7 heteroatoms. The first-order valence-electron chi connectivity index (χ1n) is 10.5. The number of nitrogens with one attached hydrogen (secondary N) is 2. The molecule has 0 aliphatic rings. The van der Waals surface area contributed by atoms with Crippen LogP contribution in [0.25, 0.3) is 11.0 Å². The number of hydrogen-bond donors (Lipinski definition) is 2. The number of aryl methyl sites for hydroxylation is 3. The number of benzene rings is 1. The molecular weight excluding hydrogens is 390 g/mol. The normalized spacial score (nSPS) is 11.6. The lowest BCUT2D eigenvalue weighted by Gasteiger charge is -2.20. The number of pyridine rings is 1. The molecule has 0 bridgehead atoms. The van der Waals surface area contributed by atoms with Crippen molar-refractivity contribution >= 4 is 34.2 Å². The van der Waals surface area contributed by atoms with E-state index in [0.29, 0.717) is 24.2 Å². The monoisotopic (exact) mass is 421 g/mol. The fraction of sp³-hybridized carbons (Fsp3) is 0.417. The van der Waals surface area contributed by atoms with E-state index >= 15 is 0 Å². The first-order chi connectivity index (χ1) is 14.5. The average molecular weight is 422 g/mol. The molecule has 0 unspecified atom stereocenters. The summed E-state index contributed by atoms with van der Waals surface area (Å²) in [6.07, 6.45) is 0.964. The van der Waals surface area contributed by atoms with Gasteiger partial charge in [0.2, 0.25) is 11.8 Å². The van der Waals surface area contributed by atoms with Crippen molar-refractivity contribution < 1.29 is 9.59 Å². The Balaban J connectivity index is 1.75. The maximum Gasteiger partial charge on any atom is 0.224 e. The predicted octanol–water partition coefficient (Wildman–Crippen LogP) is 4.64. The Kier molecular flexibility index (Phi) is 6.15. The molecule has 3 aromatic rings. The van der Waals surface area contributed by atoms with Gasteiger partial charge >= 0.3 is 0 Å². The molecule has 7 nitrogen and oxygen atoms in total. The number of hydrogen-bond acceptors (Lipinski definition) is 4. The van der Waals surface area contributed by atoms with Gasteiger partial charge in [0, 0.05) is 35.8 Å². The highest BCUT2D eigenvalue weighted by Gasteiger charge is 2.23.